The highest BCUT2D eigenvalue weighted by Gasteiger charge is 2.29. The Morgan fingerprint density at radius 1 is 1.03 bits per heavy atom. The van der Waals surface area contributed by atoms with Crippen molar-refractivity contribution < 1.29 is 23.9 Å². The van der Waals surface area contributed by atoms with Crippen molar-refractivity contribution in [1.29, 1.82) is 0 Å². The largest absolute Gasteiger partial charge is 0.455 e. The second-order valence-corrected chi connectivity index (χ2v) is 7.47. The topological polar surface area (TPSA) is 105 Å². The summed E-state index contributed by atoms with van der Waals surface area (Å²) < 4.78 is 5.03. The molecule has 1 aliphatic rings. The molecule has 0 aliphatic carbocycles. The molecule has 152 valence electrons. The van der Waals surface area contributed by atoms with Gasteiger partial charge in [-0.05, 0) is 36.4 Å². The van der Waals surface area contributed by atoms with E-state index in [0.29, 0.717) is 36.5 Å². The summed E-state index contributed by atoms with van der Waals surface area (Å²) in [7, 11) is 0. The maximum atomic E-state index is 12.3. The third-order valence-corrected chi connectivity index (χ3v) is 5.35. The highest BCUT2D eigenvalue weighted by molar-refractivity contribution is 7.12. The van der Waals surface area contributed by atoms with Gasteiger partial charge >= 0.3 is 12.0 Å². The summed E-state index contributed by atoms with van der Waals surface area (Å²) in [5.74, 6) is -2.06. The molecule has 1 saturated heterocycles. The number of hydrogen-bond acceptors (Lipinski definition) is 6. The predicted octanol–water partition coefficient (Wildman–Crippen LogP) is 2.49. The summed E-state index contributed by atoms with van der Waals surface area (Å²) in [6.07, 6.45) is 0.910. The van der Waals surface area contributed by atoms with Gasteiger partial charge in [-0.15, -0.1) is 11.3 Å². The molecule has 0 unspecified atom stereocenters. The van der Waals surface area contributed by atoms with Gasteiger partial charge in [0.2, 0.25) is 0 Å². The summed E-state index contributed by atoms with van der Waals surface area (Å²) >= 11 is 1.21. The van der Waals surface area contributed by atoms with E-state index >= 15 is 0 Å². The van der Waals surface area contributed by atoms with Crippen LogP contribution in [0.4, 0.5) is 10.5 Å². The second kappa shape index (κ2) is 9.83. The zero-order valence-electron chi connectivity index (χ0n) is 15.6. The number of imide groups is 1. The number of piperidine rings is 1. The Balaban J connectivity index is 1.38. The van der Waals surface area contributed by atoms with Gasteiger partial charge in [0, 0.05) is 18.8 Å². The summed E-state index contributed by atoms with van der Waals surface area (Å²) in [4.78, 5) is 50.1. The molecule has 0 spiro atoms. The van der Waals surface area contributed by atoms with Crippen LogP contribution in [0, 0.1) is 5.92 Å². The highest BCUT2D eigenvalue weighted by Crippen LogP contribution is 2.19. The van der Waals surface area contributed by atoms with Crippen LogP contribution in [0.25, 0.3) is 0 Å². The first kappa shape index (κ1) is 20.5. The second-order valence-electron chi connectivity index (χ2n) is 6.52. The van der Waals surface area contributed by atoms with Crippen LogP contribution >= 0.6 is 11.3 Å². The monoisotopic (exact) mass is 415 g/mol. The molecule has 3 rings (SSSR count). The van der Waals surface area contributed by atoms with Crippen LogP contribution in [-0.2, 0) is 14.3 Å². The Kier molecular flexibility index (Phi) is 6.96. The third-order valence-electron chi connectivity index (χ3n) is 4.48. The molecule has 4 amide bonds. The molecule has 1 fully saturated rings. The van der Waals surface area contributed by atoms with Crippen LogP contribution in [0.1, 0.15) is 22.5 Å². The zero-order chi connectivity index (χ0) is 20.6. The average Bonchev–Trinajstić information content (AvgIpc) is 3.28. The number of benzene rings is 1. The van der Waals surface area contributed by atoms with E-state index in [0.717, 1.165) is 0 Å². The smallest absolute Gasteiger partial charge is 0.321 e. The molecule has 8 nitrogen and oxygen atoms in total. The van der Waals surface area contributed by atoms with Crippen molar-refractivity contribution in [2.75, 3.05) is 25.0 Å². The Hall–Kier alpha value is -3.20. The molecule has 1 aromatic heterocycles. The first-order valence-electron chi connectivity index (χ1n) is 9.18. The number of anilines is 1. The Morgan fingerprint density at radius 2 is 1.76 bits per heavy atom. The number of hydrogen-bond donors (Lipinski definition) is 2. The lowest BCUT2D eigenvalue weighted by atomic mass is 9.97. The summed E-state index contributed by atoms with van der Waals surface area (Å²) in [5, 5.41) is 6.72. The third kappa shape index (κ3) is 5.89. The van der Waals surface area contributed by atoms with Gasteiger partial charge < -0.3 is 15.0 Å². The minimum Gasteiger partial charge on any atom is -0.455 e. The fourth-order valence-electron chi connectivity index (χ4n) is 2.93. The van der Waals surface area contributed by atoms with Crippen molar-refractivity contribution in [2.24, 2.45) is 5.92 Å². The molecule has 9 heteroatoms. The van der Waals surface area contributed by atoms with Crippen molar-refractivity contribution in [3.05, 3.63) is 52.7 Å². The number of amides is 4. The number of rotatable bonds is 5. The van der Waals surface area contributed by atoms with Gasteiger partial charge in [0.25, 0.3) is 11.8 Å². The molecule has 2 heterocycles. The maximum Gasteiger partial charge on any atom is 0.321 e. The highest BCUT2D eigenvalue weighted by atomic mass is 32.1. The molecule has 0 atom stereocenters. The lowest BCUT2D eigenvalue weighted by molar-refractivity contribution is -0.153. The van der Waals surface area contributed by atoms with Crippen LogP contribution < -0.4 is 10.6 Å². The lowest BCUT2D eigenvalue weighted by Crippen LogP contribution is -2.43. The van der Waals surface area contributed by atoms with E-state index in [9.17, 15) is 19.2 Å². The molecule has 2 aromatic rings. The van der Waals surface area contributed by atoms with Crippen LogP contribution in [0.15, 0.2) is 47.8 Å². The minimum absolute atomic E-state index is 0.213. The van der Waals surface area contributed by atoms with Crippen LogP contribution in [0.3, 0.4) is 0 Å². The quantitative estimate of drug-likeness (QED) is 0.730. The predicted molar refractivity (Wildman–Crippen MR) is 108 cm³/mol. The van der Waals surface area contributed by atoms with E-state index in [4.69, 9.17) is 4.74 Å². The van der Waals surface area contributed by atoms with Crippen LogP contribution in [-0.4, -0.2) is 48.4 Å². The summed E-state index contributed by atoms with van der Waals surface area (Å²) in [6, 6.07) is 12.2. The number of nitrogens with one attached hydrogen (secondary N) is 2. The standard InChI is InChI=1S/C20H21N3O5S/c24-17(22-18(25)16-7-4-12-29-16)13-28-19(26)14-8-10-23(11-9-14)20(27)21-15-5-2-1-3-6-15/h1-7,12,14H,8-11,13H2,(H,21,27)(H,22,24,25). The number of carbonyl (C=O) groups is 4. The minimum atomic E-state index is -0.670. The molecular formula is C20H21N3O5S. The molecule has 1 aliphatic heterocycles. The molecule has 0 saturated carbocycles. The first-order valence-corrected chi connectivity index (χ1v) is 10.1. The molecule has 29 heavy (non-hydrogen) atoms. The van der Waals surface area contributed by atoms with Gasteiger partial charge in [0.1, 0.15) is 0 Å². The number of para-hydroxylation sites is 1. The SMILES string of the molecule is O=C(COC(=O)C1CCN(C(=O)Nc2ccccc2)CC1)NC(=O)c1cccs1. The Bertz CT molecular complexity index is 862. The van der Waals surface area contributed by atoms with Crippen molar-refractivity contribution in [2.45, 2.75) is 12.8 Å². The summed E-state index contributed by atoms with van der Waals surface area (Å²) in [5.41, 5.74) is 0.710. The fourth-order valence-corrected chi connectivity index (χ4v) is 3.55. The summed E-state index contributed by atoms with van der Waals surface area (Å²) in [6.45, 7) is 0.327. The van der Waals surface area contributed by atoms with Crippen LogP contribution in [0.5, 0.6) is 0 Å². The number of thiophene rings is 1. The molecule has 0 bridgehead atoms. The van der Waals surface area contributed by atoms with E-state index in [1.807, 2.05) is 18.2 Å². The Morgan fingerprint density at radius 3 is 2.41 bits per heavy atom. The van der Waals surface area contributed by atoms with Gasteiger partial charge in [-0.1, -0.05) is 24.3 Å². The van der Waals surface area contributed by atoms with E-state index in [2.05, 4.69) is 10.6 Å². The number of ether oxygens (including phenoxy) is 1. The number of carbonyl (C=O) groups excluding carboxylic acids is 4. The number of urea groups is 1. The molecule has 1 aromatic carbocycles. The van der Waals surface area contributed by atoms with Gasteiger partial charge in [-0.25, -0.2) is 4.79 Å². The van der Waals surface area contributed by atoms with Crippen LogP contribution in [0.2, 0.25) is 0 Å². The van der Waals surface area contributed by atoms with Crippen molar-refractivity contribution in [3.8, 4) is 0 Å². The number of nitrogens with zero attached hydrogens (tertiary/aromatic N) is 1. The van der Waals surface area contributed by atoms with E-state index in [1.165, 1.54) is 11.3 Å². The normalized spacial score (nSPS) is 14.1. The molecule has 2 N–H and O–H groups in total. The van der Waals surface area contributed by atoms with Crippen molar-refractivity contribution in [3.63, 3.8) is 0 Å². The maximum absolute atomic E-state index is 12.3. The van der Waals surface area contributed by atoms with E-state index in [1.54, 1.807) is 34.5 Å². The molecule has 0 radical (unpaired) electrons. The van der Waals surface area contributed by atoms with E-state index in [-0.39, 0.29) is 11.9 Å². The lowest BCUT2D eigenvalue weighted by Gasteiger charge is -2.30. The zero-order valence-corrected chi connectivity index (χ0v) is 16.4. The first-order chi connectivity index (χ1) is 14.0. The number of esters is 1. The van der Waals surface area contributed by atoms with E-state index < -0.39 is 24.4 Å². The molecular weight excluding hydrogens is 394 g/mol. The van der Waals surface area contributed by atoms with Gasteiger partial charge in [0.05, 0.1) is 10.8 Å². The van der Waals surface area contributed by atoms with Crippen molar-refractivity contribution >= 4 is 40.8 Å². The Labute approximate surface area is 171 Å². The van der Waals surface area contributed by atoms with Gasteiger partial charge in [0.15, 0.2) is 6.61 Å². The fraction of sp³-hybridized carbons (Fsp3) is 0.300. The van der Waals surface area contributed by atoms with Gasteiger partial charge in [-0.2, -0.15) is 0 Å². The van der Waals surface area contributed by atoms with Gasteiger partial charge in [-0.3, -0.25) is 19.7 Å². The number of likely N-dealkylation sites (tertiary alicyclic amines) is 1. The average molecular weight is 415 g/mol. The van der Waals surface area contributed by atoms with Crippen molar-refractivity contribution in [1.82, 2.24) is 10.2 Å².